The van der Waals surface area contributed by atoms with Gasteiger partial charge in [0.25, 0.3) is 5.91 Å². The van der Waals surface area contributed by atoms with Gasteiger partial charge in [-0.25, -0.2) is 0 Å². The topological polar surface area (TPSA) is 208 Å². The second-order valence-corrected chi connectivity index (χ2v) is 14.9. The number of carboxylic acids is 1. The number of nitrogens with one attached hydrogen (secondary N) is 1. The van der Waals surface area contributed by atoms with Crippen LogP contribution in [0.25, 0.3) is 0 Å². The number of oxime groups is 1. The Morgan fingerprint density at radius 1 is 0.730 bits per heavy atom. The molecule has 2 aromatic rings. The van der Waals surface area contributed by atoms with Crippen LogP contribution in [0.15, 0.2) is 29.4 Å². The highest BCUT2D eigenvalue weighted by Gasteiger charge is 2.45. The average Bonchev–Trinajstić information content (AvgIpc) is 3.73. The molecule has 3 heterocycles. The number of hydrogen-bond donors (Lipinski definition) is 2. The van der Waals surface area contributed by atoms with Crippen LogP contribution < -0.4 is 29.0 Å². The Hall–Kier alpha value is -4.47. The van der Waals surface area contributed by atoms with Crippen LogP contribution in [0.2, 0.25) is 0 Å². The first-order valence-corrected chi connectivity index (χ1v) is 21.5. The number of carboxylic acid groups (broad SMARTS) is 1. The summed E-state index contributed by atoms with van der Waals surface area (Å²) in [4.78, 5) is 28.9. The molecule has 0 spiro atoms. The van der Waals surface area contributed by atoms with Crippen molar-refractivity contribution in [3.63, 3.8) is 0 Å². The Balaban J connectivity index is 0.897. The Morgan fingerprint density at radius 2 is 1.27 bits per heavy atom. The summed E-state index contributed by atoms with van der Waals surface area (Å²) < 4.78 is 73.7. The Labute approximate surface area is 368 Å². The van der Waals surface area contributed by atoms with Crippen molar-refractivity contribution in [2.45, 2.75) is 44.8 Å². The minimum atomic E-state index is -0.884. The summed E-state index contributed by atoms with van der Waals surface area (Å²) in [7, 11) is 3.16. The fourth-order valence-electron chi connectivity index (χ4n) is 6.87. The lowest BCUT2D eigenvalue weighted by Crippen LogP contribution is -2.43. The van der Waals surface area contributed by atoms with Crippen LogP contribution >= 0.6 is 0 Å². The van der Waals surface area contributed by atoms with Crippen LogP contribution in [-0.4, -0.2) is 175 Å². The molecular formula is C44H64N2O17. The number of benzene rings is 2. The fraction of sp³-hybridized carbons (Fsp3) is 0.659. The highest BCUT2D eigenvalue weighted by Crippen LogP contribution is 2.50. The van der Waals surface area contributed by atoms with E-state index in [-0.39, 0.29) is 44.2 Å². The van der Waals surface area contributed by atoms with Gasteiger partial charge in [0.1, 0.15) is 41.8 Å². The van der Waals surface area contributed by atoms with Gasteiger partial charge < -0.3 is 76.8 Å². The minimum Gasteiger partial charge on any atom is -0.493 e. The molecule has 1 amide bonds. The number of rotatable bonds is 33. The number of carbonyl (C=O) groups is 2. The molecule has 19 nitrogen and oxygen atoms in total. The van der Waals surface area contributed by atoms with Crippen molar-refractivity contribution >= 4 is 17.6 Å². The van der Waals surface area contributed by atoms with Gasteiger partial charge in [0.15, 0.2) is 18.1 Å². The van der Waals surface area contributed by atoms with Crippen molar-refractivity contribution in [3.05, 3.63) is 41.0 Å². The smallest absolute Gasteiger partial charge is 0.305 e. The Kier molecular flexibility index (Phi) is 21.8. The molecule has 5 rings (SSSR count). The summed E-state index contributed by atoms with van der Waals surface area (Å²) in [5, 5.41) is 15.9. The molecule has 0 bridgehead atoms. The highest BCUT2D eigenvalue weighted by atomic mass is 16.6. The number of carbonyl (C=O) groups excluding carboxylic acids is 1. The van der Waals surface area contributed by atoms with Crippen molar-refractivity contribution in [3.8, 4) is 28.7 Å². The first-order chi connectivity index (χ1) is 30.8. The van der Waals surface area contributed by atoms with Gasteiger partial charge in [-0.3, -0.25) is 9.59 Å². The van der Waals surface area contributed by atoms with Crippen molar-refractivity contribution in [1.29, 1.82) is 0 Å². The van der Waals surface area contributed by atoms with E-state index in [9.17, 15) is 9.59 Å². The predicted octanol–water partition coefficient (Wildman–Crippen LogP) is 3.04. The summed E-state index contributed by atoms with van der Waals surface area (Å²) in [6, 6.07) is 7.56. The zero-order valence-electron chi connectivity index (χ0n) is 36.9. The first-order valence-electron chi connectivity index (χ1n) is 21.5. The van der Waals surface area contributed by atoms with E-state index in [4.69, 9.17) is 71.5 Å². The number of hydrogen-bond acceptors (Lipinski definition) is 17. The molecule has 3 atom stereocenters. The average molecular weight is 893 g/mol. The lowest BCUT2D eigenvalue weighted by Gasteiger charge is -2.39. The molecule has 3 aliphatic heterocycles. The normalized spacial score (nSPS) is 17.8. The van der Waals surface area contributed by atoms with E-state index in [1.165, 1.54) is 0 Å². The molecule has 0 aromatic heterocycles. The van der Waals surface area contributed by atoms with E-state index in [1.807, 2.05) is 18.2 Å². The van der Waals surface area contributed by atoms with E-state index >= 15 is 0 Å². The predicted molar refractivity (Wildman–Crippen MR) is 226 cm³/mol. The maximum atomic E-state index is 12.7. The number of methoxy groups -OCH3 is 2. The van der Waals surface area contributed by atoms with Gasteiger partial charge >= 0.3 is 5.97 Å². The van der Waals surface area contributed by atoms with E-state index in [0.717, 1.165) is 22.4 Å². The maximum Gasteiger partial charge on any atom is 0.305 e. The third kappa shape index (κ3) is 15.9. The largest absolute Gasteiger partial charge is 0.493 e. The van der Waals surface area contributed by atoms with Gasteiger partial charge in [-0.2, -0.15) is 0 Å². The van der Waals surface area contributed by atoms with E-state index < -0.39 is 12.1 Å². The van der Waals surface area contributed by atoms with Gasteiger partial charge in [0.05, 0.1) is 132 Å². The molecule has 0 fully saturated rings. The molecule has 0 saturated heterocycles. The fourth-order valence-corrected chi connectivity index (χ4v) is 6.87. The number of ether oxygens (including phenoxy) is 13. The molecule has 2 aromatic carbocycles. The van der Waals surface area contributed by atoms with Crippen molar-refractivity contribution < 1.29 is 81.1 Å². The van der Waals surface area contributed by atoms with Gasteiger partial charge in [0, 0.05) is 35.7 Å². The molecular weight excluding hydrogens is 828 g/mol. The standard InChI is InChI=1S/C44H64N2O17/c1-30(2)35-26-33-34(62-35)6-5-31-43(42-32-25-37(50-3)38(51-4)27-36(32)60-28-39(42)63-44(31)33)46-61-29-40(47)45-8-10-53-12-14-55-16-18-57-20-22-59-24-23-58-21-19-56-17-15-54-13-11-52-9-7-41(48)49/h5-6,25,27,30,35,39,42H,7-24,26,28-29H2,1-4H3,(H,45,47)(H,48,49)/b46-43+/t35-,39-,42+/m1/s1. The SMILES string of the molecule is COc1cc2c(cc1OC)[C@@H]1/C(=N/OCC(=O)NCCOCCOCCOCCOCCOCCOCCOCCOCCC(=O)O)c3ccc4c(c3O[C@@H]1CO2)C[C@H](C(C)C)O4. The number of nitrogens with zero attached hydrogens (tertiary/aromatic N) is 1. The second-order valence-electron chi connectivity index (χ2n) is 14.9. The number of aliphatic carboxylic acids is 1. The quantitative estimate of drug-likeness (QED) is 0.0780. The lowest BCUT2D eigenvalue weighted by molar-refractivity contribution is -0.138. The number of amides is 1. The maximum absolute atomic E-state index is 12.7. The van der Waals surface area contributed by atoms with E-state index in [2.05, 4.69) is 24.3 Å². The molecule has 2 N–H and O–H groups in total. The van der Waals surface area contributed by atoms with Gasteiger partial charge in [-0.15, -0.1) is 0 Å². The minimum absolute atomic E-state index is 0.0153. The number of fused-ring (bicyclic) bond motifs is 6. The molecule has 0 aliphatic carbocycles. The Bertz CT molecular complexity index is 1730. The molecule has 0 unspecified atom stereocenters. The van der Waals surface area contributed by atoms with Crippen molar-refractivity contribution in [2.24, 2.45) is 11.1 Å². The van der Waals surface area contributed by atoms with Crippen LogP contribution in [0.1, 0.15) is 42.9 Å². The van der Waals surface area contributed by atoms with Crippen molar-refractivity contribution in [2.75, 3.05) is 140 Å². The summed E-state index contributed by atoms with van der Waals surface area (Å²) in [6.07, 6.45) is 0.322. The molecule has 19 heteroatoms. The molecule has 352 valence electrons. The van der Waals surface area contributed by atoms with Crippen LogP contribution in [0.3, 0.4) is 0 Å². The molecule has 0 saturated carbocycles. The van der Waals surface area contributed by atoms with Gasteiger partial charge in [-0.05, 0) is 24.1 Å². The Morgan fingerprint density at radius 3 is 1.81 bits per heavy atom. The summed E-state index contributed by atoms with van der Waals surface area (Å²) in [5.41, 5.74) is 3.20. The summed E-state index contributed by atoms with van der Waals surface area (Å²) in [5.74, 6) is 1.96. The zero-order chi connectivity index (χ0) is 44.7. The van der Waals surface area contributed by atoms with Crippen LogP contribution in [0, 0.1) is 5.92 Å². The van der Waals surface area contributed by atoms with Crippen molar-refractivity contribution in [1.82, 2.24) is 5.32 Å². The highest BCUT2D eigenvalue weighted by molar-refractivity contribution is 6.09. The van der Waals surface area contributed by atoms with Crippen LogP contribution in [0.5, 0.6) is 28.7 Å². The summed E-state index contributed by atoms with van der Waals surface area (Å²) >= 11 is 0. The molecule has 63 heavy (non-hydrogen) atoms. The molecule has 0 radical (unpaired) electrons. The summed E-state index contributed by atoms with van der Waals surface area (Å²) in [6.45, 7) is 10.9. The third-order valence-electron chi connectivity index (χ3n) is 10.1. The van der Waals surface area contributed by atoms with E-state index in [0.29, 0.717) is 147 Å². The molecule has 3 aliphatic rings. The first kappa shape index (κ1) is 49.5. The third-order valence-corrected chi connectivity index (χ3v) is 10.1. The van der Waals surface area contributed by atoms with Crippen LogP contribution in [-0.2, 0) is 58.7 Å². The second kappa shape index (κ2) is 27.7. The monoisotopic (exact) mass is 892 g/mol. The lowest BCUT2D eigenvalue weighted by atomic mass is 9.80. The van der Waals surface area contributed by atoms with Gasteiger partial charge in [0.2, 0.25) is 0 Å². The van der Waals surface area contributed by atoms with Gasteiger partial charge in [-0.1, -0.05) is 19.0 Å². The van der Waals surface area contributed by atoms with Crippen LogP contribution in [0.4, 0.5) is 0 Å². The van der Waals surface area contributed by atoms with E-state index in [1.54, 1.807) is 20.3 Å². The zero-order valence-corrected chi connectivity index (χ0v) is 36.9.